The predicted molar refractivity (Wildman–Crippen MR) is 124 cm³/mol. The van der Waals surface area contributed by atoms with Gasteiger partial charge in [-0.25, -0.2) is 4.90 Å². The first-order valence-electron chi connectivity index (χ1n) is 10.5. The number of nitrogens with zero attached hydrogens (tertiary/aromatic N) is 3. The van der Waals surface area contributed by atoms with Crippen molar-refractivity contribution in [2.75, 3.05) is 11.4 Å². The Bertz CT molecular complexity index is 1220. The van der Waals surface area contributed by atoms with Crippen molar-refractivity contribution in [3.05, 3.63) is 107 Å². The van der Waals surface area contributed by atoms with Crippen LogP contribution in [0.25, 0.3) is 5.57 Å². The van der Waals surface area contributed by atoms with E-state index in [1.807, 2.05) is 73.3 Å². The molecule has 0 saturated heterocycles. The molecule has 0 spiro atoms. The molecule has 1 aliphatic rings. The maximum atomic E-state index is 13.7. The van der Waals surface area contributed by atoms with Gasteiger partial charge in [-0.3, -0.25) is 9.59 Å². The molecule has 5 heteroatoms. The van der Waals surface area contributed by atoms with Crippen LogP contribution >= 0.6 is 0 Å². The van der Waals surface area contributed by atoms with Gasteiger partial charge in [0.25, 0.3) is 11.8 Å². The fourth-order valence-electron chi connectivity index (χ4n) is 3.86. The number of carbonyl (C=O) groups is 2. The third-order valence-electron chi connectivity index (χ3n) is 5.57. The molecule has 0 saturated carbocycles. The largest absolute Gasteiger partial charge is 0.362 e. The van der Waals surface area contributed by atoms with Crippen LogP contribution in [-0.2, 0) is 16.1 Å². The van der Waals surface area contributed by atoms with Crippen molar-refractivity contribution in [3.8, 4) is 6.07 Å². The summed E-state index contributed by atoms with van der Waals surface area (Å²) in [5.41, 5.74) is 4.57. The van der Waals surface area contributed by atoms with E-state index in [4.69, 9.17) is 5.26 Å². The molecule has 0 aliphatic carbocycles. The van der Waals surface area contributed by atoms with Gasteiger partial charge in [-0.05, 0) is 49.2 Å². The molecule has 0 N–H and O–H groups in total. The zero-order valence-electron chi connectivity index (χ0n) is 18.1. The lowest BCUT2D eigenvalue weighted by atomic mass is 10.0. The summed E-state index contributed by atoms with van der Waals surface area (Å²) < 4.78 is 0. The predicted octanol–water partition coefficient (Wildman–Crippen LogP) is 4.67. The van der Waals surface area contributed by atoms with Gasteiger partial charge in [-0.15, -0.1) is 0 Å². The molecule has 0 atom stereocenters. The number of aryl methyl sites for hydroxylation is 1. The molecule has 0 unspecified atom stereocenters. The molecule has 5 nitrogen and oxygen atoms in total. The minimum Gasteiger partial charge on any atom is -0.362 e. The third kappa shape index (κ3) is 3.91. The van der Waals surface area contributed by atoms with Crippen LogP contribution in [-0.4, -0.2) is 23.3 Å². The van der Waals surface area contributed by atoms with Gasteiger partial charge in [0.1, 0.15) is 5.70 Å². The van der Waals surface area contributed by atoms with Gasteiger partial charge in [-0.1, -0.05) is 60.2 Å². The average Bonchev–Trinajstić information content (AvgIpc) is 3.08. The van der Waals surface area contributed by atoms with Crippen molar-refractivity contribution >= 4 is 23.1 Å². The fourth-order valence-corrected chi connectivity index (χ4v) is 3.86. The van der Waals surface area contributed by atoms with Crippen LogP contribution in [0.2, 0.25) is 0 Å². The molecule has 0 aromatic heterocycles. The second kappa shape index (κ2) is 8.91. The molecule has 4 rings (SSSR count). The topological polar surface area (TPSA) is 64.4 Å². The van der Waals surface area contributed by atoms with Crippen LogP contribution in [0.4, 0.5) is 5.69 Å². The van der Waals surface area contributed by atoms with Crippen molar-refractivity contribution in [1.29, 1.82) is 5.26 Å². The monoisotopic (exact) mass is 421 g/mol. The zero-order chi connectivity index (χ0) is 22.7. The Morgan fingerprint density at radius 3 is 2.12 bits per heavy atom. The van der Waals surface area contributed by atoms with Crippen LogP contribution < -0.4 is 4.90 Å². The van der Waals surface area contributed by atoms with Crippen molar-refractivity contribution in [2.24, 2.45) is 0 Å². The molecule has 0 radical (unpaired) electrons. The van der Waals surface area contributed by atoms with E-state index < -0.39 is 0 Å². The van der Waals surface area contributed by atoms with Crippen LogP contribution in [0, 0.1) is 18.3 Å². The van der Waals surface area contributed by atoms with Crippen molar-refractivity contribution in [2.45, 2.75) is 20.4 Å². The Morgan fingerprint density at radius 1 is 0.875 bits per heavy atom. The molecule has 32 heavy (non-hydrogen) atoms. The van der Waals surface area contributed by atoms with E-state index in [2.05, 4.69) is 6.07 Å². The summed E-state index contributed by atoms with van der Waals surface area (Å²) in [5, 5.41) is 9.09. The first-order valence-corrected chi connectivity index (χ1v) is 10.5. The summed E-state index contributed by atoms with van der Waals surface area (Å²) in [4.78, 5) is 30.4. The Labute approximate surface area is 187 Å². The molecule has 0 bridgehead atoms. The van der Waals surface area contributed by atoms with Gasteiger partial charge in [-0.2, -0.15) is 5.26 Å². The molecule has 158 valence electrons. The van der Waals surface area contributed by atoms with E-state index in [9.17, 15) is 9.59 Å². The highest BCUT2D eigenvalue weighted by Gasteiger charge is 2.42. The quantitative estimate of drug-likeness (QED) is 0.543. The second-order valence-electron chi connectivity index (χ2n) is 7.69. The van der Waals surface area contributed by atoms with Gasteiger partial charge >= 0.3 is 0 Å². The maximum Gasteiger partial charge on any atom is 0.282 e. The zero-order valence-corrected chi connectivity index (χ0v) is 18.1. The van der Waals surface area contributed by atoms with Gasteiger partial charge in [0.05, 0.1) is 22.9 Å². The number of rotatable bonds is 6. The second-order valence-corrected chi connectivity index (χ2v) is 7.69. The van der Waals surface area contributed by atoms with Gasteiger partial charge < -0.3 is 4.90 Å². The average molecular weight is 422 g/mol. The number of nitriles is 1. The molecule has 2 amide bonds. The fraction of sp³-hybridized carbons (Fsp3) is 0.148. The molecule has 1 aliphatic heterocycles. The summed E-state index contributed by atoms with van der Waals surface area (Å²) in [5.74, 6) is -0.710. The summed E-state index contributed by atoms with van der Waals surface area (Å²) in [7, 11) is 0. The lowest BCUT2D eigenvalue weighted by molar-refractivity contribution is -0.120. The van der Waals surface area contributed by atoms with Crippen LogP contribution in [0.3, 0.4) is 0 Å². The SMILES string of the molecule is CCN(Cc1ccccc1)C1=C(c2ccc(C)cc2)C(=O)N(c2ccc(C#N)cc2)C1=O. The van der Waals surface area contributed by atoms with Crippen LogP contribution in [0.1, 0.15) is 29.2 Å². The summed E-state index contributed by atoms with van der Waals surface area (Å²) in [6, 6.07) is 26.1. The van der Waals surface area contributed by atoms with Crippen LogP contribution in [0.5, 0.6) is 0 Å². The minimum absolute atomic E-state index is 0.354. The molecule has 1 heterocycles. The number of carbonyl (C=O) groups excluding carboxylic acids is 2. The van der Waals surface area contributed by atoms with E-state index in [1.165, 1.54) is 4.90 Å². The number of hydrogen-bond donors (Lipinski definition) is 0. The number of amides is 2. The summed E-state index contributed by atoms with van der Waals surface area (Å²) >= 11 is 0. The van der Waals surface area contributed by atoms with E-state index in [0.29, 0.717) is 41.2 Å². The normalized spacial score (nSPS) is 13.5. The number of hydrogen-bond acceptors (Lipinski definition) is 4. The highest BCUT2D eigenvalue weighted by Crippen LogP contribution is 2.35. The van der Waals surface area contributed by atoms with E-state index >= 15 is 0 Å². The van der Waals surface area contributed by atoms with Crippen LogP contribution in [0.15, 0.2) is 84.6 Å². The number of likely N-dealkylation sites (N-methyl/N-ethyl adjacent to an activating group) is 1. The number of benzene rings is 3. The molecular weight excluding hydrogens is 398 g/mol. The number of anilines is 1. The summed E-state index contributed by atoms with van der Waals surface area (Å²) in [6.45, 7) is 5.05. The number of imide groups is 1. The lowest BCUT2D eigenvalue weighted by Crippen LogP contribution is -2.35. The van der Waals surface area contributed by atoms with Gasteiger partial charge in [0.15, 0.2) is 0 Å². The molecular formula is C27H23N3O2. The Kier molecular flexibility index (Phi) is 5.87. The minimum atomic E-state index is -0.356. The first-order chi connectivity index (χ1) is 15.5. The maximum absolute atomic E-state index is 13.7. The third-order valence-corrected chi connectivity index (χ3v) is 5.57. The van der Waals surface area contributed by atoms with Gasteiger partial charge in [0.2, 0.25) is 0 Å². The molecule has 0 fully saturated rings. The van der Waals surface area contributed by atoms with E-state index in [0.717, 1.165) is 11.1 Å². The van der Waals surface area contributed by atoms with E-state index in [1.54, 1.807) is 24.3 Å². The standard InChI is InChI=1S/C27H23N3O2/c1-3-29(18-21-7-5-4-6-8-21)25-24(22-13-9-19(2)10-14-22)26(31)30(27(25)32)23-15-11-20(17-28)12-16-23/h4-16H,3,18H2,1-2H3. The Hall–Kier alpha value is -4.17. The Morgan fingerprint density at radius 2 is 1.53 bits per heavy atom. The van der Waals surface area contributed by atoms with Crippen molar-refractivity contribution in [3.63, 3.8) is 0 Å². The molecule has 3 aromatic rings. The van der Waals surface area contributed by atoms with Gasteiger partial charge in [0, 0.05) is 13.1 Å². The molecule has 3 aromatic carbocycles. The highest BCUT2D eigenvalue weighted by molar-refractivity contribution is 6.45. The summed E-state index contributed by atoms with van der Waals surface area (Å²) in [6.07, 6.45) is 0. The lowest BCUT2D eigenvalue weighted by Gasteiger charge is -2.25. The smallest absolute Gasteiger partial charge is 0.282 e. The van der Waals surface area contributed by atoms with Crippen molar-refractivity contribution < 1.29 is 9.59 Å². The Balaban J connectivity index is 1.81. The van der Waals surface area contributed by atoms with E-state index in [-0.39, 0.29) is 11.8 Å². The highest BCUT2D eigenvalue weighted by atomic mass is 16.2. The first kappa shape index (κ1) is 21.1. The van der Waals surface area contributed by atoms with Crippen molar-refractivity contribution in [1.82, 2.24) is 4.90 Å².